The van der Waals surface area contributed by atoms with Crippen molar-refractivity contribution in [3.05, 3.63) is 72.4 Å². The molecule has 0 unspecified atom stereocenters. The zero-order chi connectivity index (χ0) is 20.8. The van der Waals surface area contributed by atoms with Crippen LogP contribution in [0.2, 0.25) is 0 Å². The van der Waals surface area contributed by atoms with Crippen molar-refractivity contribution in [2.24, 2.45) is 12.0 Å². The van der Waals surface area contributed by atoms with Gasteiger partial charge in [-0.15, -0.1) is 24.0 Å². The molecule has 4 rings (SSSR count). The molecule has 0 aliphatic carbocycles. The molecule has 0 radical (unpaired) electrons. The number of carbonyl (C=O) groups excluding carboxylic acids is 1. The van der Waals surface area contributed by atoms with Gasteiger partial charge in [0.2, 0.25) is 5.91 Å². The summed E-state index contributed by atoms with van der Waals surface area (Å²) in [4.78, 5) is 21.4. The van der Waals surface area contributed by atoms with Gasteiger partial charge in [0.25, 0.3) is 0 Å². The Balaban J connectivity index is 0.00000272. The van der Waals surface area contributed by atoms with Gasteiger partial charge in [-0.3, -0.25) is 9.48 Å². The molecule has 1 saturated heterocycles. The van der Waals surface area contributed by atoms with E-state index in [1.165, 1.54) is 0 Å². The van der Waals surface area contributed by atoms with Crippen molar-refractivity contribution in [2.45, 2.75) is 13.0 Å². The second kappa shape index (κ2) is 11.0. The van der Waals surface area contributed by atoms with E-state index < -0.39 is 0 Å². The maximum Gasteiger partial charge on any atom is 0.246 e. The second-order valence-corrected chi connectivity index (χ2v) is 7.22. The molecule has 9 heteroatoms. The third-order valence-corrected chi connectivity index (χ3v) is 5.01. The minimum atomic E-state index is 0. The Labute approximate surface area is 198 Å². The highest BCUT2D eigenvalue weighted by Crippen LogP contribution is 2.16. The third-order valence-electron chi connectivity index (χ3n) is 5.01. The van der Waals surface area contributed by atoms with Crippen LogP contribution in [0.25, 0.3) is 0 Å². The second-order valence-electron chi connectivity index (χ2n) is 7.22. The lowest BCUT2D eigenvalue weighted by atomic mass is 10.2. The van der Waals surface area contributed by atoms with Gasteiger partial charge in [0, 0.05) is 39.3 Å². The van der Waals surface area contributed by atoms with Crippen LogP contribution in [0.15, 0.2) is 70.5 Å². The van der Waals surface area contributed by atoms with Crippen molar-refractivity contribution in [2.75, 3.05) is 31.1 Å². The van der Waals surface area contributed by atoms with Crippen LogP contribution in [0, 0.1) is 0 Å². The summed E-state index contributed by atoms with van der Waals surface area (Å²) in [5.41, 5.74) is 1.96. The molecule has 31 heavy (non-hydrogen) atoms. The Morgan fingerprint density at radius 1 is 1.19 bits per heavy atom. The lowest BCUT2D eigenvalue weighted by Gasteiger charge is -2.35. The predicted octanol–water partition coefficient (Wildman–Crippen LogP) is 2.67. The summed E-state index contributed by atoms with van der Waals surface area (Å²) >= 11 is 0. The van der Waals surface area contributed by atoms with Crippen molar-refractivity contribution in [1.82, 2.24) is 20.0 Å². The molecule has 1 aliphatic heterocycles. The monoisotopic (exact) mass is 534 g/mol. The van der Waals surface area contributed by atoms with E-state index in [4.69, 9.17) is 9.41 Å². The molecule has 1 aromatic carbocycles. The molecule has 8 nitrogen and oxygen atoms in total. The average Bonchev–Trinajstić information content (AvgIpc) is 3.43. The van der Waals surface area contributed by atoms with Crippen molar-refractivity contribution >= 4 is 41.5 Å². The van der Waals surface area contributed by atoms with Crippen molar-refractivity contribution in [3.63, 3.8) is 0 Å². The zero-order valence-corrected chi connectivity index (χ0v) is 19.8. The Bertz CT molecular complexity index is 987. The van der Waals surface area contributed by atoms with E-state index in [-0.39, 0.29) is 36.4 Å². The number of aromatic nitrogens is 2. The van der Waals surface area contributed by atoms with Gasteiger partial charge in [0.1, 0.15) is 12.3 Å². The Morgan fingerprint density at radius 2 is 2.03 bits per heavy atom. The number of amides is 1. The number of carbonyl (C=O) groups is 1. The van der Waals surface area contributed by atoms with E-state index in [1.54, 1.807) is 22.0 Å². The van der Waals surface area contributed by atoms with Gasteiger partial charge >= 0.3 is 0 Å². The lowest BCUT2D eigenvalue weighted by Crippen LogP contribution is -2.55. The van der Waals surface area contributed by atoms with E-state index in [2.05, 4.69) is 22.5 Å². The standard InChI is InChI=1S/C22H26N6O2.HI/c1-26-16-19(15-25-26)28-12-11-27(17-21(28)29)22(23-10-9-20-8-5-13-30-20)24-14-18-6-3-2-4-7-18;/h2-8,13,15-16H,9-12,14,17H2,1H3,(H,23,24);1H. The molecule has 1 aliphatic rings. The van der Waals surface area contributed by atoms with E-state index in [0.717, 1.165) is 29.4 Å². The lowest BCUT2D eigenvalue weighted by molar-refractivity contribution is -0.120. The number of hydrogen-bond donors (Lipinski definition) is 1. The van der Waals surface area contributed by atoms with Crippen LogP contribution >= 0.6 is 24.0 Å². The number of piperazine rings is 1. The van der Waals surface area contributed by atoms with Crippen LogP contribution < -0.4 is 10.2 Å². The quantitative estimate of drug-likeness (QED) is 0.299. The first kappa shape index (κ1) is 22.9. The number of rotatable bonds is 6. The van der Waals surface area contributed by atoms with Crippen molar-refractivity contribution in [3.8, 4) is 0 Å². The Morgan fingerprint density at radius 3 is 2.71 bits per heavy atom. The van der Waals surface area contributed by atoms with Crippen LogP contribution in [0.4, 0.5) is 5.69 Å². The number of halogens is 1. The van der Waals surface area contributed by atoms with Gasteiger partial charge in [0.05, 0.1) is 24.7 Å². The van der Waals surface area contributed by atoms with E-state index in [1.807, 2.05) is 48.5 Å². The first-order chi connectivity index (χ1) is 14.7. The molecule has 1 amide bonds. The van der Waals surface area contributed by atoms with Crippen molar-refractivity contribution < 1.29 is 9.21 Å². The van der Waals surface area contributed by atoms with E-state index in [9.17, 15) is 4.79 Å². The molecule has 0 saturated carbocycles. The van der Waals surface area contributed by atoms with Crippen LogP contribution in [0.3, 0.4) is 0 Å². The smallest absolute Gasteiger partial charge is 0.246 e. The molecule has 2 aromatic heterocycles. The molecular weight excluding hydrogens is 507 g/mol. The number of hydrogen-bond acceptors (Lipinski definition) is 4. The molecule has 0 spiro atoms. The van der Waals surface area contributed by atoms with Gasteiger partial charge in [0.15, 0.2) is 5.96 Å². The maximum atomic E-state index is 12.8. The fraction of sp³-hybridized carbons (Fsp3) is 0.318. The number of aryl methyl sites for hydroxylation is 1. The molecule has 0 atom stereocenters. The van der Waals surface area contributed by atoms with Crippen LogP contribution in [0.5, 0.6) is 0 Å². The Kier molecular flexibility index (Phi) is 8.10. The van der Waals surface area contributed by atoms with Crippen LogP contribution in [-0.2, 0) is 24.8 Å². The fourth-order valence-electron chi connectivity index (χ4n) is 3.44. The summed E-state index contributed by atoms with van der Waals surface area (Å²) in [5, 5.41) is 7.58. The number of anilines is 1. The molecule has 3 heterocycles. The minimum Gasteiger partial charge on any atom is -0.469 e. The number of nitrogens with one attached hydrogen (secondary N) is 1. The predicted molar refractivity (Wildman–Crippen MR) is 131 cm³/mol. The topological polar surface area (TPSA) is 78.9 Å². The van der Waals surface area contributed by atoms with Gasteiger partial charge in [-0.2, -0.15) is 5.10 Å². The summed E-state index contributed by atoms with van der Waals surface area (Å²) in [6.45, 7) is 2.80. The van der Waals surface area contributed by atoms with Gasteiger partial charge in [-0.05, 0) is 17.7 Å². The highest BCUT2D eigenvalue weighted by molar-refractivity contribution is 14.0. The maximum absolute atomic E-state index is 12.8. The molecule has 1 fully saturated rings. The van der Waals surface area contributed by atoms with Crippen LogP contribution in [-0.4, -0.2) is 52.7 Å². The summed E-state index contributed by atoms with van der Waals surface area (Å²) in [5.74, 6) is 1.70. The first-order valence-corrected chi connectivity index (χ1v) is 10.1. The van der Waals surface area contributed by atoms with Gasteiger partial charge < -0.3 is 19.5 Å². The third kappa shape index (κ3) is 6.09. The Hall–Kier alpha value is -2.82. The first-order valence-electron chi connectivity index (χ1n) is 10.1. The highest BCUT2D eigenvalue weighted by Gasteiger charge is 2.27. The molecule has 3 aromatic rings. The molecular formula is C22H27IN6O2. The fourth-order valence-corrected chi connectivity index (χ4v) is 3.44. The zero-order valence-electron chi connectivity index (χ0n) is 17.5. The molecule has 164 valence electrons. The minimum absolute atomic E-state index is 0. The summed E-state index contributed by atoms with van der Waals surface area (Å²) in [7, 11) is 1.85. The number of benzene rings is 1. The number of nitrogens with zero attached hydrogens (tertiary/aromatic N) is 5. The SMILES string of the molecule is Cn1cc(N2CCN(C(=NCc3ccccc3)NCCc3ccco3)CC2=O)cn1.I. The molecule has 1 N–H and O–H groups in total. The summed E-state index contributed by atoms with van der Waals surface area (Å²) in [6.07, 6.45) is 6.01. The number of furan rings is 1. The highest BCUT2D eigenvalue weighted by atomic mass is 127. The number of aliphatic imine (C=N–C) groups is 1. The van der Waals surface area contributed by atoms with Gasteiger partial charge in [-0.25, -0.2) is 4.99 Å². The summed E-state index contributed by atoms with van der Waals surface area (Å²) < 4.78 is 7.12. The normalized spacial score (nSPS) is 14.5. The van der Waals surface area contributed by atoms with Crippen molar-refractivity contribution in [1.29, 1.82) is 0 Å². The molecule has 0 bridgehead atoms. The van der Waals surface area contributed by atoms with Gasteiger partial charge in [-0.1, -0.05) is 30.3 Å². The largest absolute Gasteiger partial charge is 0.469 e. The van der Waals surface area contributed by atoms with Crippen LogP contribution in [0.1, 0.15) is 11.3 Å². The average molecular weight is 534 g/mol. The summed E-state index contributed by atoms with van der Waals surface area (Å²) in [6, 6.07) is 13.9. The number of guanidine groups is 1. The van der Waals surface area contributed by atoms with E-state index in [0.29, 0.717) is 26.2 Å². The van der Waals surface area contributed by atoms with E-state index >= 15 is 0 Å².